The first-order chi connectivity index (χ1) is 9.28. The number of ether oxygens (including phenoxy) is 1. The fourth-order valence-electron chi connectivity index (χ4n) is 3.02. The molecule has 0 spiro atoms. The molecule has 0 amide bonds. The molecule has 1 aliphatic rings. The molecule has 1 aromatic rings. The van der Waals surface area contributed by atoms with Gasteiger partial charge in [-0.1, -0.05) is 19.9 Å². The highest BCUT2D eigenvalue weighted by atomic mass is 16.5. The molecule has 2 heterocycles. The summed E-state index contributed by atoms with van der Waals surface area (Å²) in [5, 5.41) is 3.47. The van der Waals surface area contributed by atoms with Crippen LogP contribution in [-0.2, 0) is 17.6 Å². The van der Waals surface area contributed by atoms with E-state index in [9.17, 15) is 0 Å². The van der Waals surface area contributed by atoms with E-state index in [4.69, 9.17) is 4.74 Å². The van der Waals surface area contributed by atoms with Crippen LogP contribution in [0.4, 0.5) is 0 Å². The third-order valence-corrected chi connectivity index (χ3v) is 4.27. The maximum absolute atomic E-state index is 5.81. The highest BCUT2D eigenvalue weighted by Crippen LogP contribution is 2.27. The third-order valence-electron chi connectivity index (χ3n) is 4.27. The van der Waals surface area contributed by atoms with Crippen molar-refractivity contribution in [1.82, 2.24) is 10.3 Å². The first kappa shape index (κ1) is 14.5. The molecule has 1 fully saturated rings. The summed E-state index contributed by atoms with van der Waals surface area (Å²) < 4.78 is 5.81. The van der Waals surface area contributed by atoms with Gasteiger partial charge in [0.15, 0.2) is 0 Å². The fraction of sp³-hybridized carbons (Fsp3) is 0.688. The summed E-state index contributed by atoms with van der Waals surface area (Å²) in [5.41, 5.74) is 2.48. The number of pyridine rings is 1. The summed E-state index contributed by atoms with van der Waals surface area (Å²) in [6.07, 6.45) is 6.72. The van der Waals surface area contributed by atoms with E-state index in [1.165, 1.54) is 11.3 Å². The predicted octanol–water partition coefficient (Wildman–Crippen LogP) is 2.59. The molecule has 2 rings (SSSR count). The van der Waals surface area contributed by atoms with Crippen LogP contribution in [0, 0.1) is 5.92 Å². The van der Waals surface area contributed by atoms with Crippen molar-refractivity contribution < 1.29 is 4.74 Å². The van der Waals surface area contributed by atoms with Gasteiger partial charge in [-0.2, -0.15) is 0 Å². The molecule has 3 nitrogen and oxygen atoms in total. The van der Waals surface area contributed by atoms with E-state index in [-0.39, 0.29) is 0 Å². The van der Waals surface area contributed by atoms with Crippen LogP contribution >= 0.6 is 0 Å². The number of rotatable bonds is 6. The van der Waals surface area contributed by atoms with E-state index in [0.717, 1.165) is 32.3 Å². The van der Waals surface area contributed by atoms with Gasteiger partial charge in [-0.15, -0.1) is 0 Å². The number of hydrogen-bond acceptors (Lipinski definition) is 3. The summed E-state index contributed by atoms with van der Waals surface area (Å²) in [4.78, 5) is 4.58. The molecule has 3 atom stereocenters. The first-order valence-electron chi connectivity index (χ1n) is 7.51. The quantitative estimate of drug-likeness (QED) is 0.855. The van der Waals surface area contributed by atoms with Crippen LogP contribution in [0.2, 0.25) is 0 Å². The molecule has 0 bridgehead atoms. The number of aromatic nitrogens is 1. The Balaban J connectivity index is 2.01. The number of nitrogens with one attached hydrogen (secondary N) is 1. The molecule has 0 saturated carbocycles. The number of likely N-dealkylation sites (N-methyl/N-ethyl adjacent to an activating group) is 1. The molecular weight excluding hydrogens is 236 g/mol. The standard InChI is InChI=1S/C16H26N2O/c1-4-12-6-7-13(18-11-12)10-15(17-3)14-8-9-19-16(14)5-2/h6-7,11,14-17H,4-5,8-10H2,1-3H3. The molecule has 0 radical (unpaired) electrons. The summed E-state index contributed by atoms with van der Waals surface area (Å²) in [7, 11) is 2.05. The molecule has 0 aliphatic carbocycles. The topological polar surface area (TPSA) is 34.1 Å². The average Bonchev–Trinajstić information content (AvgIpc) is 2.93. The molecule has 1 aliphatic heterocycles. The molecule has 19 heavy (non-hydrogen) atoms. The fourth-order valence-corrected chi connectivity index (χ4v) is 3.02. The van der Waals surface area contributed by atoms with Gasteiger partial charge in [0.25, 0.3) is 0 Å². The SMILES string of the molecule is CCc1ccc(CC(NC)C2CCOC2CC)nc1. The van der Waals surface area contributed by atoms with Crippen molar-refractivity contribution in [3.63, 3.8) is 0 Å². The third kappa shape index (κ3) is 3.54. The van der Waals surface area contributed by atoms with Gasteiger partial charge >= 0.3 is 0 Å². The average molecular weight is 262 g/mol. The zero-order valence-electron chi connectivity index (χ0n) is 12.4. The molecular formula is C16H26N2O. The summed E-state index contributed by atoms with van der Waals surface area (Å²) in [6, 6.07) is 4.82. The second-order valence-corrected chi connectivity index (χ2v) is 5.38. The Morgan fingerprint density at radius 1 is 1.42 bits per heavy atom. The normalized spacial score (nSPS) is 24.6. The molecule has 3 heteroatoms. The Morgan fingerprint density at radius 3 is 2.84 bits per heavy atom. The Kier molecular flexibility index (Phi) is 5.34. The van der Waals surface area contributed by atoms with E-state index < -0.39 is 0 Å². The summed E-state index contributed by atoms with van der Waals surface area (Å²) in [6.45, 7) is 5.28. The Morgan fingerprint density at radius 2 is 2.26 bits per heavy atom. The lowest BCUT2D eigenvalue weighted by Gasteiger charge is -2.26. The lowest BCUT2D eigenvalue weighted by Crippen LogP contribution is -2.39. The largest absolute Gasteiger partial charge is 0.378 e. The van der Waals surface area contributed by atoms with E-state index in [1.807, 2.05) is 6.20 Å². The number of nitrogens with zero attached hydrogens (tertiary/aromatic N) is 1. The minimum atomic E-state index is 0.410. The Bertz CT molecular complexity index is 377. The van der Waals surface area contributed by atoms with Gasteiger partial charge in [-0.05, 0) is 37.9 Å². The highest BCUT2D eigenvalue weighted by Gasteiger charge is 2.32. The van der Waals surface area contributed by atoms with E-state index >= 15 is 0 Å². The van der Waals surface area contributed by atoms with Crippen molar-refractivity contribution in [2.45, 2.75) is 51.7 Å². The minimum Gasteiger partial charge on any atom is -0.378 e. The van der Waals surface area contributed by atoms with E-state index in [1.54, 1.807) is 0 Å². The van der Waals surface area contributed by atoms with Crippen molar-refractivity contribution in [1.29, 1.82) is 0 Å². The Labute approximate surface area is 116 Å². The molecule has 1 saturated heterocycles. The number of aryl methyl sites for hydroxylation is 1. The molecule has 106 valence electrons. The van der Waals surface area contributed by atoms with Gasteiger partial charge < -0.3 is 10.1 Å². The first-order valence-corrected chi connectivity index (χ1v) is 7.51. The van der Waals surface area contributed by atoms with Gasteiger partial charge in [0.2, 0.25) is 0 Å². The molecule has 0 aromatic carbocycles. The molecule has 1 aromatic heterocycles. The Hall–Kier alpha value is -0.930. The van der Waals surface area contributed by atoms with Crippen molar-refractivity contribution >= 4 is 0 Å². The van der Waals surface area contributed by atoms with Crippen LogP contribution in [0.3, 0.4) is 0 Å². The van der Waals surface area contributed by atoms with Crippen molar-refractivity contribution in [2.24, 2.45) is 5.92 Å². The van der Waals surface area contributed by atoms with Gasteiger partial charge in [0.1, 0.15) is 0 Å². The van der Waals surface area contributed by atoms with Crippen molar-refractivity contribution in [3.05, 3.63) is 29.6 Å². The van der Waals surface area contributed by atoms with Gasteiger partial charge in [0.05, 0.1) is 6.10 Å². The second kappa shape index (κ2) is 7.01. The van der Waals surface area contributed by atoms with Gasteiger partial charge in [-0.25, -0.2) is 0 Å². The lowest BCUT2D eigenvalue weighted by atomic mass is 9.88. The highest BCUT2D eigenvalue weighted by molar-refractivity contribution is 5.15. The monoisotopic (exact) mass is 262 g/mol. The van der Waals surface area contributed by atoms with Crippen LogP contribution in [-0.4, -0.2) is 30.8 Å². The smallest absolute Gasteiger partial charge is 0.0616 e. The lowest BCUT2D eigenvalue weighted by molar-refractivity contribution is 0.0782. The van der Waals surface area contributed by atoms with Crippen LogP contribution in [0.15, 0.2) is 18.3 Å². The zero-order chi connectivity index (χ0) is 13.7. The van der Waals surface area contributed by atoms with E-state index in [2.05, 4.69) is 43.3 Å². The predicted molar refractivity (Wildman–Crippen MR) is 78.3 cm³/mol. The van der Waals surface area contributed by atoms with Crippen LogP contribution in [0.1, 0.15) is 37.9 Å². The van der Waals surface area contributed by atoms with Crippen molar-refractivity contribution in [3.8, 4) is 0 Å². The van der Waals surface area contributed by atoms with Gasteiger partial charge in [0, 0.05) is 36.9 Å². The second-order valence-electron chi connectivity index (χ2n) is 5.38. The zero-order valence-corrected chi connectivity index (χ0v) is 12.4. The van der Waals surface area contributed by atoms with Crippen LogP contribution in [0.25, 0.3) is 0 Å². The summed E-state index contributed by atoms with van der Waals surface area (Å²) >= 11 is 0. The number of hydrogen-bond donors (Lipinski definition) is 1. The van der Waals surface area contributed by atoms with Gasteiger partial charge in [-0.3, -0.25) is 4.98 Å². The van der Waals surface area contributed by atoms with E-state index in [0.29, 0.717) is 18.1 Å². The van der Waals surface area contributed by atoms with Crippen LogP contribution in [0.5, 0.6) is 0 Å². The van der Waals surface area contributed by atoms with Crippen molar-refractivity contribution in [2.75, 3.05) is 13.7 Å². The minimum absolute atomic E-state index is 0.410. The maximum atomic E-state index is 5.81. The molecule has 3 unspecified atom stereocenters. The van der Waals surface area contributed by atoms with Crippen LogP contribution < -0.4 is 5.32 Å². The summed E-state index contributed by atoms with van der Waals surface area (Å²) in [5.74, 6) is 0.614. The maximum Gasteiger partial charge on any atom is 0.0616 e. The molecule has 1 N–H and O–H groups in total.